The number of unbranched alkanes of at least 4 members (excludes halogenated alkanes) is 3. The molecule has 1 unspecified atom stereocenters. The Kier molecular flexibility index (Phi) is 9.14. The van der Waals surface area contributed by atoms with Crippen LogP contribution in [-0.4, -0.2) is 11.6 Å². The molecule has 2 aromatic rings. The van der Waals surface area contributed by atoms with Gasteiger partial charge in [-0.3, -0.25) is 4.98 Å². The van der Waals surface area contributed by atoms with Crippen molar-refractivity contribution in [2.45, 2.75) is 78.0 Å². The van der Waals surface area contributed by atoms with Gasteiger partial charge < -0.3 is 4.74 Å². The number of alkyl halides is 1. The molecular formula is C24H34ClNO. The van der Waals surface area contributed by atoms with Gasteiger partial charge >= 0.3 is 0 Å². The van der Waals surface area contributed by atoms with Crippen LogP contribution in [0.5, 0.6) is 5.75 Å². The predicted octanol–water partition coefficient (Wildman–Crippen LogP) is 7.52. The highest BCUT2D eigenvalue weighted by Crippen LogP contribution is 2.37. The molecule has 0 aliphatic carbocycles. The molecule has 1 atom stereocenters. The van der Waals surface area contributed by atoms with Crippen molar-refractivity contribution in [2.24, 2.45) is 0 Å². The first kappa shape index (κ1) is 21.8. The number of pyridine rings is 1. The minimum Gasteiger partial charge on any atom is -0.493 e. The highest BCUT2D eigenvalue weighted by molar-refractivity contribution is 6.21. The third kappa shape index (κ3) is 5.72. The maximum absolute atomic E-state index is 6.72. The summed E-state index contributed by atoms with van der Waals surface area (Å²) in [7, 11) is 0. The third-order valence-corrected chi connectivity index (χ3v) is 5.55. The van der Waals surface area contributed by atoms with E-state index in [-0.39, 0.29) is 5.38 Å². The second kappa shape index (κ2) is 11.3. The van der Waals surface area contributed by atoms with Gasteiger partial charge in [0.1, 0.15) is 5.75 Å². The summed E-state index contributed by atoms with van der Waals surface area (Å²) in [5, 5.41) is -0.0444. The average Bonchev–Trinajstić information content (AvgIpc) is 2.70. The van der Waals surface area contributed by atoms with Gasteiger partial charge in [0.05, 0.1) is 17.7 Å². The lowest BCUT2D eigenvalue weighted by Crippen LogP contribution is -2.03. The first-order valence-corrected chi connectivity index (χ1v) is 11.0. The van der Waals surface area contributed by atoms with Crippen LogP contribution in [0.25, 0.3) is 11.3 Å². The highest BCUT2D eigenvalue weighted by Gasteiger charge is 2.18. The Morgan fingerprint density at radius 3 is 2.30 bits per heavy atom. The van der Waals surface area contributed by atoms with Crippen molar-refractivity contribution in [3.05, 3.63) is 47.2 Å². The molecule has 2 rings (SSSR count). The number of nitrogens with zero attached hydrogens (tertiary/aromatic N) is 1. The largest absolute Gasteiger partial charge is 0.493 e. The van der Waals surface area contributed by atoms with Crippen molar-refractivity contribution in [3.63, 3.8) is 0 Å². The number of rotatable bonds is 11. The van der Waals surface area contributed by atoms with E-state index in [2.05, 4.69) is 45.0 Å². The van der Waals surface area contributed by atoms with Crippen LogP contribution in [0.1, 0.15) is 81.9 Å². The minimum atomic E-state index is -0.0444. The molecule has 0 bridgehead atoms. The fourth-order valence-electron chi connectivity index (χ4n) is 3.58. The van der Waals surface area contributed by atoms with Crippen molar-refractivity contribution in [3.8, 4) is 17.0 Å². The number of hydrogen-bond donors (Lipinski definition) is 0. The summed E-state index contributed by atoms with van der Waals surface area (Å²) >= 11 is 6.72. The lowest BCUT2D eigenvalue weighted by Gasteiger charge is -2.18. The van der Waals surface area contributed by atoms with E-state index in [9.17, 15) is 0 Å². The summed E-state index contributed by atoms with van der Waals surface area (Å²) < 4.78 is 5.97. The Bertz CT molecular complexity index is 691. The van der Waals surface area contributed by atoms with Gasteiger partial charge in [0, 0.05) is 23.4 Å². The van der Waals surface area contributed by atoms with Gasteiger partial charge in [-0.1, -0.05) is 64.7 Å². The molecule has 0 saturated heterocycles. The number of aryl methyl sites for hydroxylation is 2. The maximum Gasteiger partial charge on any atom is 0.127 e. The summed E-state index contributed by atoms with van der Waals surface area (Å²) in [5.41, 5.74) is 5.93. The van der Waals surface area contributed by atoms with E-state index in [4.69, 9.17) is 21.3 Å². The van der Waals surface area contributed by atoms with Crippen LogP contribution in [0.4, 0.5) is 0 Å². The normalized spacial score (nSPS) is 12.2. The Labute approximate surface area is 170 Å². The first-order valence-electron chi connectivity index (χ1n) is 10.5. The molecule has 1 aromatic carbocycles. The van der Waals surface area contributed by atoms with Gasteiger partial charge in [-0.25, -0.2) is 0 Å². The summed E-state index contributed by atoms with van der Waals surface area (Å²) in [5.74, 6) is 0.881. The van der Waals surface area contributed by atoms with E-state index in [1.807, 2.05) is 13.1 Å². The molecule has 0 amide bonds. The highest BCUT2D eigenvalue weighted by atomic mass is 35.5. The van der Waals surface area contributed by atoms with Crippen molar-refractivity contribution in [2.75, 3.05) is 6.61 Å². The van der Waals surface area contributed by atoms with Crippen LogP contribution in [0.3, 0.4) is 0 Å². The molecule has 0 aliphatic rings. The molecule has 0 fully saturated rings. The molecule has 0 N–H and O–H groups in total. The molecule has 0 aliphatic heterocycles. The topological polar surface area (TPSA) is 22.1 Å². The smallest absolute Gasteiger partial charge is 0.127 e. The van der Waals surface area contributed by atoms with Crippen LogP contribution in [0, 0.1) is 0 Å². The number of ether oxygens (including phenoxy) is 1. The van der Waals surface area contributed by atoms with Gasteiger partial charge in [0.2, 0.25) is 0 Å². The van der Waals surface area contributed by atoms with Gasteiger partial charge in [-0.2, -0.15) is 0 Å². The number of hydrogen-bond acceptors (Lipinski definition) is 2. The standard InChI is InChI=1S/C24H34ClNO/c1-5-9-10-11-15-21(25)20-17-26-22(16-23(20)27-8-4)24-18(6-2)13-12-14-19(24)7-3/h12-14,16-17,21H,5-11,15H2,1-4H3. The van der Waals surface area contributed by atoms with Gasteiger partial charge in [-0.15, -0.1) is 11.6 Å². The molecular weight excluding hydrogens is 354 g/mol. The summed E-state index contributed by atoms with van der Waals surface area (Å²) in [4.78, 5) is 4.81. The van der Waals surface area contributed by atoms with Crippen molar-refractivity contribution in [1.82, 2.24) is 4.98 Å². The van der Waals surface area contributed by atoms with Crippen molar-refractivity contribution >= 4 is 11.6 Å². The molecule has 0 radical (unpaired) electrons. The monoisotopic (exact) mass is 387 g/mol. The number of halogens is 1. The van der Waals surface area contributed by atoms with Crippen LogP contribution in [-0.2, 0) is 12.8 Å². The van der Waals surface area contributed by atoms with Crippen LogP contribution in [0.15, 0.2) is 30.5 Å². The van der Waals surface area contributed by atoms with Gasteiger partial charge in [0.25, 0.3) is 0 Å². The quantitative estimate of drug-likeness (QED) is 0.293. The second-order valence-electron chi connectivity index (χ2n) is 7.02. The van der Waals surface area contributed by atoms with Crippen LogP contribution < -0.4 is 4.74 Å². The Balaban J connectivity index is 2.35. The number of benzene rings is 1. The average molecular weight is 388 g/mol. The van der Waals surface area contributed by atoms with Crippen LogP contribution >= 0.6 is 11.6 Å². The van der Waals surface area contributed by atoms with E-state index in [0.717, 1.165) is 42.7 Å². The minimum absolute atomic E-state index is 0.0444. The van der Waals surface area contributed by atoms with Crippen LogP contribution in [0.2, 0.25) is 0 Å². The molecule has 0 saturated carbocycles. The summed E-state index contributed by atoms with van der Waals surface area (Å²) in [6, 6.07) is 8.63. The Morgan fingerprint density at radius 2 is 1.70 bits per heavy atom. The zero-order valence-corrected chi connectivity index (χ0v) is 18.1. The van der Waals surface area contributed by atoms with Gasteiger partial charge in [-0.05, 0) is 37.3 Å². The Morgan fingerprint density at radius 1 is 1.00 bits per heavy atom. The zero-order valence-electron chi connectivity index (χ0n) is 17.4. The van der Waals surface area contributed by atoms with E-state index in [1.54, 1.807) is 0 Å². The SMILES string of the molecule is CCCCCCC(Cl)c1cnc(-c2c(CC)cccc2CC)cc1OCC. The lowest BCUT2D eigenvalue weighted by molar-refractivity contribution is 0.335. The van der Waals surface area contributed by atoms with E-state index >= 15 is 0 Å². The van der Waals surface area contributed by atoms with E-state index in [1.165, 1.54) is 36.0 Å². The first-order chi connectivity index (χ1) is 13.2. The molecule has 148 valence electrons. The summed E-state index contributed by atoms with van der Waals surface area (Å²) in [6.45, 7) is 9.27. The lowest BCUT2D eigenvalue weighted by atomic mass is 9.94. The Hall–Kier alpha value is -1.54. The predicted molar refractivity (Wildman–Crippen MR) is 117 cm³/mol. The second-order valence-corrected chi connectivity index (χ2v) is 7.54. The van der Waals surface area contributed by atoms with Crippen molar-refractivity contribution in [1.29, 1.82) is 0 Å². The molecule has 1 aromatic heterocycles. The molecule has 0 spiro atoms. The molecule has 1 heterocycles. The van der Waals surface area contributed by atoms with E-state index in [0.29, 0.717) is 6.61 Å². The summed E-state index contributed by atoms with van der Waals surface area (Å²) in [6.07, 6.45) is 9.78. The molecule has 3 heteroatoms. The fourth-order valence-corrected chi connectivity index (χ4v) is 3.90. The fraction of sp³-hybridized carbons (Fsp3) is 0.542. The van der Waals surface area contributed by atoms with E-state index < -0.39 is 0 Å². The number of aromatic nitrogens is 1. The maximum atomic E-state index is 6.72. The molecule has 2 nitrogen and oxygen atoms in total. The van der Waals surface area contributed by atoms with Crippen molar-refractivity contribution < 1.29 is 4.74 Å². The van der Waals surface area contributed by atoms with Gasteiger partial charge in [0.15, 0.2) is 0 Å². The zero-order chi connectivity index (χ0) is 19.6. The third-order valence-electron chi connectivity index (χ3n) is 5.10. The molecule has 27 heavy (non-hydrogen) atoms.